The highest BCUT2D eigenvalue weighted by molar-refractivity contribution is 5.33. The predicted molar refractivity (Wildman–Crippen MR) is 74.6 cm³/mol. The smallest absolute Gasteiger partial charge is 0.126 e. The minimum absolute atomic E-state index is 0.429. The van der Waals surface area contributed by atoms with Crippen LogP contribution in [0, 0.1) is 11.6 Å². The first-order valence-electron chi connectivity index (χ1n) is 6.29. The van der Waals surface area contributed by atoms with Crippen molar-refractivity contribution in [1.29, 1.82) is 0 Å². The Labute approximate surface area is 117 Å². The van der Waals surface area contributed by atoms with Crippen LogP contribution in [0.4, 0.5) is 8.78 Å². The summed E-state index contributed by atoms with van der Waals surface area (Å²) in [7, 11) is 1.59. The maximum Gasteiger partial charge on any atom is 0.126 e. The average molecular weight is 277 g/mol. The number of nitrogens with two attached hydrogens (primary N) is 1. The van der Waals surface area contributed by atoms with Crippen molar-refractivity contribution >= 4 is 0 Å². The lowest BCUT2D eigenvalue weighted by molar-refractivity contribution is 0.413. The molecule has 0 aliphatic rings. The first kappa shape index (κ1) is 14.5. The molecule has 2 aromatic carbocycles. The number of benzene rings is 2. The van der Waals surface area contributed by atoms with Gasteiger partial charge < -0.3 is 10.5 Å². The summed E-state index contributed by atoms with van der Waals surface area (Å²) in [5, 5.41) is 0. The second-order valence-electron chi connectivity index (χ2n) is 5.10. The van der Waals surface area contributed by atoms with Gasteiger partial charge in [0, 0.05) is 11.6 Å². The van der Waals surface area contributed by atoms with Crippen molar-refractivity contribution in [2.75, 3.05) is 7.11 Å². The second kappa shape index (κ2) is 5.59. The Balaban J connectivity index is 2.29. The van der Waals surface area contributed by atoms with Crippen molar-refractivity contribution in [1.82, 2.24) is 0 Å². The molecule has 0 radical (unpaired) electrons. The molecular weight excluding hydrogens is 260 g/mol. The summed E-state index contributed by atoms with van der Waals surface area (Å²) in [5.41, 5.74) is 6.73. The molecule has 0 heterocycles. The number of hydrogen-bond donors (Lipinski definition) is 1. The Bertz CT molecular complexity index is 591. The molecular formula is C16H17F2NO. The van der Waals surface area contributed by atoms with E-state index < -0.39 is 17.2 Å². The molecule has 1 atom stereocenters. The van der Waals surface area contributed by atoms with Crippen LogP contribution in [-0.4, -0.2) is 7.11 Å². The number of rotatable bonds is 4. The molecule has 0 aliphatic carbocycles. The molecule has 0 bridgehead atoms. The fraction of sp³-hybridized carbons (Fsp3) is 0.250. The van der Waals surface area contributed by atoms with E-state index in [2.05, 4.69) is 0 Å². The molecule has 0 amide bonds. The zero-order valence-electron chi connectivity index (χ0n) is 11.5. The van der Waals surface area contributed by atoms with Gasteiger partial charge in [0.2, 0.25) is 0 Å². The Morgan fingerprint density at radius 2 is 1.75 bits per heavy atom. The summed E-state index contributed by atoms with van der Waals surface area (Å²) in [6.45, 7) is 1.75. The van der Waals surface area contributed by atoms with Gasteiger partial charge in [-0.25, -0.2) is 8.78 Å². The molecule has 20 heavy (non-hydrogen) atoms. The lowest BCUT2D eigenvalue weighted by atomic mass is 9.86. The second-order valence-corrected chi connectivity index (χ2v) is 5.10. The van der Waals surface area contributed by atoms with Gasteiger partial charge in [-0.3, -0.25) is 0 Å². The number of ether oxygens (including phenoxy) is 1. The van der Waals surface area contributed by atoms with Crippen LogP contribution in [0.1, 0.15) is 18.1 Å². The summed E-state index contributed by atoms with van der Waals surface area (Å²) in [5.74, 6) is -0.520. The van der Waals surface area contributed by atoms with Gasteiger partial charge in [-0.15, -0.1) is 0 Å². The van der Waals surface area contributed by atoms with Crippen LogP contribution in [0.25, 0.3) is 0 Å². The molecule has 2 N–H and O–H groups in total. The summed E-state index contributed by atoms with van der Waals surface area (Å²) < 4.78 is 31.8. The molecule has 106 valence electrons. The Morgan fingerprint density at radius 1 is 1.10 bits per heavy atom. The summed E-state index contributed by atoms with van der Waals surface area (Å²) in [6, 6.07) is 10.8. The van der Waals surface area contributed by atoms with Crippen molar-refractivity contribution in [3.63, 3.8) is 0 Å². The number of methoxy groups -OCH3 is 1. The SMILES string of the molecule is COc1cccc(CC(C)(N)c2cc(F)cc(F)c2)c1. The first-order valence-corrected chi connectivity index (χ1v) is 6.29. The van der Waals surface area contributed by atoms with Gasteiger partial charge in [-0.05, 0) is 48.7 Å². The Hall–Kier alpha value is -1.94. The normalized spacial score (nSPS) is 13.8. The predicted octanol–water partition coefficient (Wildman–Crippen LogP) is 3.39. The van der Waals surface area contributed by atoms with Gasteiger partial charge in [0.25, 0.3) is 0 Å². The lowest BCUT2D eigenvalue weighted by Crippen LogP contribution is -2.35. The zero-order valence-corrected chi connectivity index (χ0v) is 11.5. The van der Waals surface area contributed by atoms with E-state index in [1.165, 1.54) is 12.1 Å². The molecule has 4 heteroatoms. The number of hydrogen-bond acceptors (Lipinski definition) is 2. The molecule has 2 aromatic rings. The van der Waals surface area contributed by atoms with E-state index >= 15 is 0 Å². The van der Waals surface area contributed by atoms with Gasteiger partial charge in [-0.2, -0.15) is 0 Å². The standard InChI is InChI=1S/C16H17F2NO/c1-16(19,12-7-13(17)9-14(18)8-12)10-11-4-3-5-15(6-11)20-2/h3-9H,10,19H2,1-2H3. The van der Waals surface area contributed by atoms with Gasteiger partial charge in [0.05, 0.1) is 7.11 Å². The minimum atomic E-state index is -0.866. The first-order chi connectivity index (χ1) is 9.40. The van der Waals surface area contributed by atoms with Gasteiger partial charge in [0.15, 0.2) is 0 Å². The highest BCUT2D eigenvalue weighted by Crippen LogP contribution is 2.25. The maximum absolute atomic E-state index is 13.3. The largest absolute Gasteiger partial charge is 0.497 e. The number of halogens is 2. The highest BCUT2D eigenvalue weighted by Gasteiger charge is 2.23. The van der Waals surface area contributed by atoms with E-state index in [9.17, 15) is 8.78 Å². The topological polar surface area (TPSA) is 35.2 Å². The van der Waals surface area contributed by atoms with Crippen molar-refractivity contribution in [2.24, 2.45) is 5.73 Å². The molecule has 2 nitrogen and oxygen atoms in total. The van der Waals surface area contributed by atoms with Crippen LogP contribution >= 0.6 is 0 Å². The molecule has 2 rings (SSSR count). The lowest BCUT2D eigenvalue weighted by Gasteiger charge is -2.25. The average Bonchev–Trinajstić information content (AvgIpc) is 2.37. The Morgan fingerprint density at radius 3 is 2.35 bits per heavy atom. The molecule has 0 saturated carbocycles. The fourth-order valence-corrected chi connectivity index (χ4v) is 2.19. The van der Waals surface area contributed by atoms with Gasteiger partial charge >= 0.3 is 0 Å². The molecule has 0 saturated heterocycles. The van der Waals surface area contributed by atoms with Crippen molar-refractivity contribution in [3.05, 3.63) is 65.2 Å². The van der Waals surface area contributed by atoms with Crippen LogP contribution in [0.2, 0.25) is 0 Å². The summed E-state index contributed by atoms with van der Waals surface area (Å²) in [6.07, 6.45) is 0.451. The van der Waals surface area contributed by atoms with Gasteiger partial charge in [0.1, 0.15) is 17.4 Å². The van der Waals surface area contributed by atoms with Crippen LogP contribution in [0.5, 0.6) is 5.75 Å². The van der Waals surface area contributed by atoms with E-state index in [1.54, 1.807) is 14.0 Å². The minimum Gasteiger partial charge on any atom is -0.497 e. The molecule has 0 aromatic heterocycles. The van der Waals surface area contributed by atoms with Crippen LogP contribution in [0.15, 0.2) is 42.5 Å². The summed E-state index contributed by atoms with van der Waals surface area (Å²) in [4.78, 5) is 0. The third-order valence-corrected chi connectivity index (χ3v) is 3.23. The highest BCUT2D eigenvalue weighted by atomic mass is 19.1. The zero-order chi connectivity index (χ0) is 14.8. The quantitative estimate of drug-likeness (QED) is 0.929. The third kappa shape index (κ3) is 3.33. The maximum atomic E-state index is 13.3. The van der Waals surface area contributed by atoms with E-state index in [0.717, 1.165) is 17.4 Å². The summed E-state index contributed by atoms with van der Waals surface area (Å²) >= 11 is 0. The van der Waals surface area contributed by atoms with E-state index in [4.69, 9.17) is 10.5 Å². The van der Waals surface area contributed by atoms with Crippen LogP contribution in [-0.2, 0) is 12.0 Å². The van der Waals surface area contributed by atoms with Crippen LogP contribution < -0.4 is 10.5 Å². The van der Waals surface area contributed by atoms with E-state index in [-0.39, 0.29) is 0 Å². The van der Waals surface area contributed by atoms with E-state index in [1.807, 2.05) is 24.3 Å². The Kier molecular flexibility index (Phi) is 4.04. The van der Waals surface area contributed by atoms with Crippen LogP contribution in [0.3, 0.4) is 0 Å². The van der Waals surface area contributed by atoms with Crippen molar-refractivity contribution in [3.8, 4) is 5.75 Å². The van der Waals surface area contributed by atoms with Crippen molar-refractivity contribution in [2.45, 2.75) is 18.9 Å². The molecule has 0 aliphatic heterocycles. The molecule has 0 fully saturated rings. The molecule has 0 spiro atoms. The fourth-order valence-electron chi connectivity index (χ4n) is 2.19. The van der Waals surface area contributed by atoms with E-state index in [0.29, 0.717) is 12.0 Å². The van der Waals surface area contributed by atoms with Gasteiger partial charge in [-0.1, -0.05) is 12.1 Å². The molecule has 1 unspecified atom stereocenters. The monoisotopic (exact) mass is 277 g/mol. The third-order valence-electron chi connectivity index (χ3n) is 3.23. The van der Waals surface area contributed by atoms with Crippen molar-refractivity contribution < 1.29 is 13.5 Å².